The lowest BCUT2D eigenvalue weighted by Crippen LogP contribution is -2.28. The number of hydrogen-bond donors (Lipinski definition) is 2. The number of nitrogens with one attached hydrogen (secondary N) is 1. The molecule has 19 heavy (non-hydrogen) atoms. The fourth-order valence-corrected chi connectivity index (χ4v) is 1.76. The lowest BCUT2D eigenvalue weighted by Gasteiger charge is -2.09. The maximum absolute atomic E-state index is 13.3. The van der Waals surface area contributed by atoms with Crippen molar-refractivity contribution in [1.82, 2.24) is 5.32 Å². The monoisotopic (exact) mass is 327 g/mol. The van der Waals surface area contributed by atoms with Crippen LogP contribution in [0.25, 0.3) is 0 Å². The highest BCUT2D eigenvalue weighted by molar-refractivity contribution is 9.10. The number of furan rings is 1. The highest BCUT2D eigenvalue weighted by Gasteiger charge is 2.13. The van der Waals surface area contributed by atoms with Gasteiger partial charge < -0.3 is 14.8 Å². The summed E-state index contributed by atoms with van der Waals surface area (Å²) in [6.07, 6.45) is 0.504. The normalized spacial score (nSPS) is 12.2. The van der Waals surface area contributed by atoms with Crippen LogP contribution in [-0.2, 0) is 0 Å². The molecule has 0 radical (unpaired) electrons. The molecule has 0 aliphatic heterocycles. The first-order chi connectivity index (χ1) is 9.08. The zero-order valence-electron chi connectivity index (χ0n) is 9.77. The van der Waals surface area contributed by atoms with Gasteiger partial charge in [-0.05, 0) is 46.3 Å². The third kappa shape index (κ3) is 3.42. The van der Waals surface area contributed by atoms with Crippen LogP contribution < -0.4 is 5.32 Å². The molecule has 0 aliphatic carbocycles. The summed E-state index contributed by atoms with van der Waals surface area (Å²) in [4.78, 5) is 11.7. The van der Waals surface area contributed by atoms with Gasteiger partial charge in [-0.15, -0.1) is 0 Å². The van der Waals surface area contributed by atoms with E-state index in [1.807, 2.05) is 0 Å². The zero-order valence-corrected chi connectivity index (χ0v) is 11.4. The second-order valence-electron chi connectivity index (χ2n) is 3.87. The largest absolute Gasteiger partial charge is 0.467 e. The van der Waals surface area contributed by atoms with E-state index in [9.17, 15) is 14.3 Å². The highest BCUT2D eigenvalue weighted by atomic mass is 79.9. The number of amides is 1. The molecule has 0 spiro atoms. The van der Waals surface area contributed by atoms with Gasteiger partial charge in [-0.25, -0.2) is 4.39 Å². The molecular formula is C13H11BrFNO3. The molecule has 4 nitrogen and oxygen atoms in total. The molecule has 1 unspecified atom stereocenters. The Balaban J connectivity index is 1.96. The fraction of sp³-hybridized carbons (Fsp3) is 0.154. The van der Waals surface area contributed by atoms with E-state index in [1.165, 1.54) is 18.4 Å². The predicted octanol–water partition coefficient (Wildman–Crippen LogP) is 2.64. The molecule has 1 amide bonds. The molecule has 0 fully saturated rings. The molecule has 1 heterocycles. The number of benzene rings is 1. The number of hydrogen-bond acceptors (Lipinski definition) is 3. The Labute approximate surface area is 117 Å². The van der Waals surface area contributed by atoms with Crippen LogP contribution >= 0.6 is 15.9 Å². The number of aliphatic hydroxyl groups is 1. The maximum Gasteiger partial charge on any atom is 0.251 e. The van der Waals surface area contributed by atoms with Gasteiger partial charge in [0.25, 0.3) is 5.91 Å². The summed E-state index contributed by atoms with van der Waals surface area (Å²) >= 11 is 3.01. The van der Waals surface area contributed by atoms with Crippen molar-refractivity contribution in [2.75, 3.05) is 6.54 Å². The van der Waals surface area contributed by atoms with E-state index in [-0.39, 0.29) is 12.1 Å². The second kappa shape index (κ2) is 5.99. The lowest BCUT2D eigenvalue weighted by atomic mass is 10.2. The second-order valence-corrected chi connectivity index (χ2v) is 4.72. The standard InChI is InChI=1S/C13H11BrFNO3/c14-9-4-3-8(6-10(9)15)13(18)16-7-11(17)12-2-1-5-19-12/h1-6,11,17H,7H2,(H,16,18). The SMILES string of the molecule is O=C(NCC(O)c1ccco1)c1ccc(Br)c(F)c1. The number of rotatable bonds is 4. The third-order valence-corrected chi connectivity index (χ3v) is 3.15. The van der Waals surface area contributed by atoms with Crippen LogP contribution in [0, 0.1) is 5.82 Å². The van der Waals surface area contributed by atoms with Crippen molar-refractivity contribution in [2.45, 2.75) is 6.10 Å². The minimum absolute atomic E-state index is 0.00989. The molecule has 0 aliphatic rings. The molecule has 1 atom stereocenters. The lowest BCUT2D eigenvalue weighted by molar-refractivity contribution is 0.0900. The van der Waals surface area contributed by atoms with Crippen molar-refractivity contribution in [1.29, 1.82) is 0 Å². The van der Waals surface area contributed by atoms with Crippen molar-refractivity contribution in [2.24, 2.45) is 0 Å². The summed E-state index contributed by atoms with van der Waals surface area (Å²) in [6, 6.07) is 7.31. The van der Waals surface area contributed by atoms with Crippen LogP contribution in [0.15, 0.2) is 45.5 Å². The molecule has 100 valence electrons. The molecule has 2 N–H and O–H groups in total. The molecule has 6 heteroatoms. The van der Waals surface area contributed by atoms with E-state index in [1.54, 1.807) is 12.1 Å². The topological polar surface area (TPSA) is 62.5 Å². The summed E-state index contributed by atoms with van der Waals surface area (Å²) in [5, 5.41) is 12.2. The van der Waals surface area contributed by atoms with Crippen molar-refractivity contribution in [3.8, 4) is 0 Å². The average molecular weight is 328 g/mol. The molecule has 0 bridgehead atoms. The number of halogens is 2. The van der Waals surface area contributed by atoms with Gasteiger partial charge in [-0.2, -0.15) is 0 Å². The first-order valence-corrected chi connectivity index (χ1v) is 6.32. The molecular weight excluding hydrogens is 317 g/mol. The Morgan fingerprint density at radius 2 is 2.26 bits per heavy atom. The summed E-state index contributed by atoms with van der Waals surface area (Å²) < 4.78 is 18.6. The Bertz CT molecular complexity index is 571. The Hall–Kier alpha value is -1.66. The van der Waals surface area contributed by atoms with E-state index < -0.39 is 17.8 Å². The zero-order chi connectivity index (χ0) is 13.8. The van der Waals surface area contributed by atoms with E-state index in [4.69, 9.17) is 4.42 Å². The molecule has 0 saturated carbocycles. The third-order valence-electron chi connectivity index (χ3n) is 2.51. The van der Waals surface area contributed by atoms with Crippen LogP contribution in [0.3, 0.4) is 0 Å². The Kier molecular flexibility index (Phi) is 4.34. The van der Waals surface area contributed by atoms with Crippen LogP contribution in [-0.4, -0.2) is 17.6 Å². The van der Waals surface area contributed by atoms with Gasteiger partial charge >= 0.3 is 0 Å². The Morgan fingerprint density at radius 1 is 1.47 bits per heavy atom. The minimum Gasteiger partial charge on any atom is -0.467 e. The minimum atomic E-state index is -0.931. The first-order valence-electron chi connectivity index (χ1n) is 5.52. The molecule has 1 aromatic heterocycles. The van der Waals surface area contributed by atoms with Crippen LogP contribution in [0.4, 0.5) is 4.39 Å². The smallest absolute Gasteiger partial charge is 0.251 e. The van der Waals surface area contributed by atoms with E-state index in [2.05, 4.69) is 21.2 Å². The molecule has 2 aromatic rings. The van der Waals surface area contributed by atoms with Gasteiger partial charge in [-0.3, -0.25) is 4.79 Å². The van der Waals surface area contributed by atoms with Crippen molar-refractivity contribution in [3.05, 3.63) is 58.2 Å². The Morgan fingerprint density at radius 3 is 2.89 bits per heavy atom. The average Bonchev–Trinajstić information content (AvgIpc) is 2.92. The molecule has 1 aromatic carbocycles. The fourth-order valence-electron chi connectivity index (χ4n) is 1.51. The van der Waals surface area contributed by atoms with E-state index in [0.717, 1.165) is 6.07 Å². The molecule has 2 rings (SSSR count). The molecule has 0 saturated heterocycles. The first kappa shape index (κ1) is 13.8. The number of aliphatic hydroxyl groups excluding tert-OH is 1. The van der Waals surface area contributed by atoms with Gasteiger partial charge in [0, 0.05) is 5.56 Å². The quantitative estimate of drug-likeness (QED) is 0.907. The van der Waals surface area contributed by atoms with E-state index >= 15 is 0 Å². The summed E-state index contributed by atoms with van der Waals surface area (Å²) in [5.74, 6) is -0.612. The van der Waals surface area contributed by atoms with Gasteiger partial charge in [-0.1, -0.05) is 0 Å². The van der Waals surface area contributed by atoms with Crippen molar-refractivity contribution >= 4 is 21.8 Å². The van der Waals surface area contributed by atoms with Crippen molar-refractivity contribution in [3.63, 3.8) is 0 Å². The van der Waals surface area contributed by atoms with Crippen LogP contribution in [0.2, 0.25) is 0 Å². The highest BCUT2D eigenvalue weighted by Crippen LogP contribution is 2.16. The van der Waals surface area contributed by atoms with Gasteiger partial charge in [0.1, 0.15) is 17.7 Å². The van der Waals surface area contributed by atoms with Crippen LogP contribution in [0.5, 0.6) is 0 Å². The van der Waals surface area contributed by atoms with Gasteiger partial charge in [0.05, 0.1) is 17.3 Å². The van der Waals surface area contributed by atoms with Gasteiger partial charge in [0.2, 0.25) is 0 Å². The van der Waals surface area contributed by atoms with Crippen molar-refractivity contribution < 1.29 is 18.7 Å². The van der Waals surface area contributed by atoms with Gasteiger partial charge in [0.15, 0.2) is 0 Å². The summed E-state index contributed by atoms with van der Waals surface area (Å²) in [7, 11) is 0. The number of carbonyl (C=O) groups excluding carboxylic acids is 1. The maximum atomic E-state index is 13.3. The number of carbonyl (C=O) groups is 1. The van der Waals surface area contributed by atoms with E-state index in [0.29, 0.717) is 10.2 Å². The summed E-state index contributed by atoms with van der Waals surface area (Å²) in [6.45, 7) is -0.00989. The predicted molar refractivity (Wildman–Crippen MR) is 70.1 cm³/mol. The van der Waals surface area contributed by atoms with Crippen LogP contribution in [0.1, 0.15) is 22.2 Å². The summed E-state index contributed by atoms with van der Waals surface area (Å²) in [5.41, 5.74) is 0.187.